The first-order valence-corrected chi connectivity index (χ1v) is 10.0. The van der Waals surface area contributed by atoms with Gasteiger partial charge in [0.2, 0.25) is 5.89 Å². The molecule has 5 rings (SSSR count). The molecule has 0 saturated heterocycles. The van der Waals surface area contributed by atoms with Crippen molar-refractivity contribution >= 4 is 28.5 Å². The standard InChI is InChI=1S/C20H17N7OS/c21-17-16(19-26-25-18(28-19)13-4-2-1-3-5-13)24-15(12-23-17)27-9-6-14(7-10-27)20-22-8-11-29-20/h1-6,8,11-12H,7,9-10H2,(H2,21,23). The second-order valence-electron chi connectivity index (χ2n) is 6.50. The summed E-state index contributed by atoms with van der Waals surface area (Å²) in [6, 6.07) is 9.57. The maximum atomic E-state index is 6.05. The van der Waals surface area contributed by atoms with Crippen molar-refractivity contribution < 1.29 is 4.42 Å². The fourth-order valence-electron chi connectivity index (χ4n) is 3.17. The summed E-state index contributed by atoms with van der Waals surface area (Å²) in [5.41, 5.74) is 8.55. The molecule has 0 fully saturated rings. The highest BCUT2D eigenvalue weighted by Gasteiger charge is 2.20. The minimum Gasteiger partial charge on any atom is -0.414 e. The zero-order valence-electron chi connectivity index (χ0n) is 15.4. The maximum Gasteiger partial charge on any atom is 0.270 e. The molecule has 29 heavy (non-hydrogen) atoms. The van der Waals surface area contributed by atoms with Crippen LogP contribution in [0.25, 0.3) is 28.6 Å². The van der Waals surface area contributed by atoms with Gasteiger partial charge in [0.1, 0.15) is 10.8 Å². The summed E-state index contributed by atoms with van der Waals surface area (Å²) >= 11 is 1.66. The minimum absolute atomic E-state index is 0.256. The average molecular weight is 403 g/mol. The van der Waals surface area contributed by atoms with Crippen molar-refractivity contribution in [2.24, 2.45) is 0 Å². The normalized spacial score (nSPS) is 14.1. The van der Waals surface area contributed by atoms with Gasteiger partial charge in [-0.1, -0.05) is 24.3 Å². The van der Waals surface area contributed by atoms with Crippen LogP contribution < -0.4 is 10.6 Å². The zero-order chi connectivity index (χ0) is 19.6. The molecule has 0 bridgehead atoms. The van der Waals surface area contributed by atoms with Crippen molar-refractivity contribution in [2.75, 3.05) is 23.7 Å². The van der Waals surface area contributed by atoms with Gasteiger partial charge in [0.15, 0.2) is 11.5 Å². The van der Waals surface area contributed by atoms with Gasteiger partial charge < -0.3 is 15.1 Å². The molecule has 1 aromatic carbocycles. The Bertz CT molecular complexity index is 1150. The summed E-state index contributed by atoms with van der Waals surface area (Å²) in [7, 11) is 0. The van der Waals surface area contributed by atoms with Crippen molar-refractivity contribution in [3.8, 4) is 23.0 Å². The van der Waals surface area contributed by atoms with Crippen LogP contribution in [0.3, 0.4) is 0 Å². The van der Waals surface area contributed by atoms with Crippen molar-refractivity contribution in [1.29, 1.82) is 0 Å². The predicted octanol–water partition coefficient (Wildman–Crippen LogP) is 3.53. The third kappa shape index (κ3) is 3.47. The van der Waals surface area contributed by atoms with Gasteiger partial charge in [-0.3, -0.25) is 0 Å². The van der Waals surface area contributed by atoms with Crippen molar-refractivity contribution in [3.05, 3.63) is 59.2 Å². The van der Waals surface area contributed by atoms with E-state index in [1.54, 1.807) is 17.5 Å². The number of benzene rings is 1. The first kappa shape index (κ1) is 17.5. The molecule has 0 radical (unpaired) electrons. The number of nitrogens with zero attached hydrogens (tertiary/aromatic N) is 6. The molecule has 1 aliphatic heterocycles. The summed E-state index contributed by atoms with van der Waals surface area (Å²) < 4.78 is 5.80. The number of hydrogen-bond donors (Lipinski definition) is 1. The molecule has 4 heterocycles. The van der Waals surface area contributed by atoms with Crippen LogP contribution in [0.1, 0.15) is 11.4 Å². The molecule has 1 aliphatic rings. The van der Waals surface area contributed by atoms with Crippen LogP contribution in [0.4, 0.5) is 11.6 Å². The predicted molar refractivity (Wildman–Crippen MR) is 112 cm³/mol. The van der Waals surface area contributed by atoms with Gasteiger partial charge in [0.25, 0.3) is 5.89 Å². The van der Waals surface area contributed by atoms with E-state index in [1.165, 1.54) is 5.57 Å². The topological polar surface area (TPSA) is 107 Å². The van der Waals surface area contributed by atoms with E-state index in [2.05, 4.69) is 36.1 Å². The Labute approximate surface area is 170 Å². The highest BCUT2D eigenvalue weighted by atomic mass is 32.1. The van der Waals surface area contributed by atoms with Crippen LogP contribution >= 0.6 is 11.3 Å². The molecule has 144 valence electrons. The number of thiazole rings is 1. The van der Waals surface area contributed by atoms with Crippen molar-refractivity contribution in [2.45, 2.75) is 6.42 Å². The largest absolute Gasteiger partial charge is 0.414 e. The van der Waals surface area contributed by atoms with Gasteiger partial charge in [-0.05, 0) is 24.1 Å². The molecular weight excluding hydrogens is 386 g/mol. The highest BCUT2D eigenvalue weighted by molar-refractivity contribution is 7.10. The smallest absolute Gasteiger partial charge is 0.270 e. The summed E-state index contributed by atoms with van der Waals surface area (Å²) in [6.07, 6.45) is 6.59. The monoisotopic (exact) mass is 403 g/mol. The van der Waals surface area contributed by atoms with E-state index in [1.807, 2.05) is 41.9 Å². The molecule has 0 amide bonds. The van der Waals surface area contributed by atoms with Crippen LogP contribution in [0.5, 0.6) is 0 Å². The maximum absolute atomic E-state index is 6.05. The number of rotatable bonds is 4. The van der Waals surface area contributed by atoms with E-state index in [0.717, 1.165) is 35.9 Å². The fraction of sp³-hybridized carbons (Fsp3) is 0.150. The van der Waals surface area contributed by atoms with Gasteiger partial charge in [-0.2, -0.15) is 0 Å². The molecular formula is C20H17N7OS. The molecule has 0 saturated carbocycles. The Morgan fingerprint density at radius 3 is 2.69 bits per heavy atom. The van der Waals surface area contributed by atoms with Crippen LogP contribution in [0, 0.1) is 0 Å². The number of nitrogen functional groups attached to an aromatic ring is 1. The zero-order valence-corrected chi connectivity index (χ0v) is 16.2. The van der Waals surface area contributed by atoms with Crippen LogP contribution in [-0.4, -0.2) is 38.2 Å². The summed E-state index contributed by atoms with van der Waals surface area (Å²) in [6.45, 7) is 1.55. The van der Waals surface area contributed by atoms with E-state index in [9.17, 15) is 0 Å². The lowest BCUT2D eigenvalue weighted by molar-refractivity contribution is 0.582. The summed E-state index contributed by atoms with van der Waals surface area (Å²) in [5, 5.41) is 11.3. The third-order valence-corrected chi connectivity index (χ3v) is 5.53. The number of nitrogens with two attached hydrogens (primary N) is 1. The van der Waals surface area contributed by atoms with E-state index in [4.69, 9.17) is 10.2 Å². The molecule has 0 atom stereocenters. The Kier molecular flexibility index (Phi) is 4.49. The van der Waals surface area contributed by atoms with E-state index < -0.39 is 0 Å². The Hall–Kier alpha value is -3.59. The number of hydrogen-bond acceptors (Lipinski definition) is 9. The average Bonchev–Trinajstić information content (AvgIpc) is 3.48. The molecule has 2 N–H and O–H groups in total. The molecule has 8 nitrogen and oxygen atoms in total. The van der Waals surface area contributed by atoms with Crippen molar-refractivity contribution in [1.82, 2.24) is 25.1 Å². The van der Waals surface area contributed by atoms with Crippen LogP contribution in [0.2, 0.25) is 0 Å². The van der Waals surface area contributed by atoms with Crippen LogP contribution in [-0.2, 0) is 0 Å². The second kappa shape index (κ2) is 7.44. The summed E-state index contributed by atoms with van der Waals surface area (Å²) in [5.74, 6) is 1.66. The Morgan fingerprint density at radius 1 is 1.07 bits per heavy atom. The molecule has 4 aromatic rings. The lowest BCUT2D eigenvalue weighted by Crippen LogP contribution is -2.29. The Morgan fingerprint density at radius 2 is 1.93 bits per heavy atom. The van der Waals surface area contributed by atoms with Gasteiger partial charge >= 0.3 is 0 Å². The highest BCUT2D eigenvalue weighted by Crippen LogP contribution is 2.29. The fourth-order valence-corrected chi connectivity index (χ4v) is 3.88. The van der Waals surface area contributed by atoms with Gasteiger partial charge in [0, 0.05) is 30.2 Å². The molecule has 0 unspecified atom stereocenters. The van der Waals surface area contributed by atoms with Crippen LogP contribution in [0.15, 0.2) is 58.6 Å². The van der Waals surface area contributed by atoms with Gasteiger partial charge in [-0.25, -0.2) is 15.0 Å². The lowest BCUT2D eigenvalue weighted by atomic mass is 10.1. The molecule has 3 aromatic heterocycles. The first-order chi connectivity index (χ1) is 14.3. The number of anilines is 2. The number of aromatic nitrogens is 5. The van der Waals surface area contributed by atoms with Gasteiger partial charge in [0.05, 0.1) is 6.20 Å². The SMILES string of the molecule is Nc1ncc(N2CC=C(c3nccs3)CC2)nc1-c1nnc(-c2ccccc2)o1. The molecule has 0 spiro atoms. The Balaban J connectivity index is 1.41. The third-order valence-electron chi connectivity index (χ3n) is 4.68. The molecule has 0 aliphatic carbocycles. The second-order valence-corrected chi connectivity index (χ2v) is 7.40. The quantitative estimate of drug-likeness (QED) is 0.551. The lowest BCUT2D eigenvalue weighted by Gasteiger charge is -2.26. The van der Waals surface area contributed by atoms with Gasteiger partial charge in [-0.15, -0.1) is 21.5 Å². The minimum atomic E-state index is 0.256. The summed E-state index contributed by atoms with van der Waals surface area (Å²) in [4.78, 5) is 15.5. The van der Waals surface area contributed by atoms with E-state index in [0.29, 0.717) is 11.6 Å². The first-order valence-electron chi connectivity index (χ1n) is 9.13. The van der Waals surface area contributed by atoms with E-state index in [-0.39, 0.29) is 11.7 Å². The van der Waals surface area contributed by atoms with Crippen molar-refractivity contribution in [3.63, 3.8) is 0 Å². The molecule has 9 heteroatoms. The van der Waals surface area contributed by atoms with E-state index >= 15 is 0 Å².